The van der Waals surface area contributed by atoms with Gasteiger partial charge < -0.3 is 11.5 Å². The summed E-state index contributed by atoms with van der Waals surface area (Å²) in [6.45, 7) is 4.30. The van der Waals surface area contributed by atoms with E-state index in [4.69, 9.17) is 35.9 Å². The van der Waals surface area contributed by atoms with Crippen molar-refractivity contribution in [2.24, 2.45) is 27.1 Å². The molecule has 1 aliphatic rings. The molecule has 0 amide bonds. The summed E-state index contributed by atoms with van der Waals surface area (Å²) in [6.07, 6.45) is 2.40. The molecule has 0 saturated heterocycles. The van der Waals surface area contributed by atoms with E-state index in [1.807, 2.05) is 0 Å². The minimum Gasteiger partial charge on any atom is -0.375 e. The maximum atomic E-state index is 5.35. The van der Waals surface area contributed by atoms with Crippen LogP contribution in [0, 0.1) is 5.41 Å². The molecule has 0 spiro atoms. The van der Waals surface area contributed by atoms with Crippen LogP contribution in [0.2, 0.25) is 0 Å². The van der Waals surface area contributed by atoms with Crippen LogP contribution < -0.4 is 22.3 Å². The van der Waals surface area contributed by atoms with Gasteiger partial charge in [-0.05, 0) is 42.7 Å². The summed E-state index contributed by atoms with van der Waals surface area (Å²) >= 11 is 9.44. The van der Waals surface area contributed by atoms with Gasteiger partial charge in [-0.2, -0.15) is 10.2 Å². The Labute approximate surface area is 129 Å². The average Bonchev–Trinajstić information content (AvgIpc) is 2.21. The average molecular weight is 323 g/mol. The summed E-state index contributed by atoms with van der Waals surface area (Å²) < 4.78 is 0. The Bertz CT molecular complexity index is 382. The molecule has 108 valence electrons. The van der Waals surface area contributed by atoms with E-state index in [1.165, 1.54) is 0 Å². The van der Waals surface area contributed by atoms with Crippen LogP contribution >= 0.6 is 36.8 Å². The van der Waals surface area contributed by atoms with E-state index in [0.29, 0.717) is 6.42 Å². The summed E-state index contributed by atoms with van der Waals surface area (Å²) in [5, 5.41) is 8.68. The molecule has 9 heteroatoms. The van der Waals surface area contributed by atoms with E-state index in [1.54, 1.807) is 0 Å². The molecule has 0 aromatic rings. The van der Waals surface area contributed by atoms with Gasteiger partial charge in [0, 0.05) is 17.8 Å². The number of nitrogens with zero attached hydrogens (tertiary/aromatic N) is 2. The molecule has 6 N–H and O–H groups in total. The summed E-state index contributed by atoms with van der Waals surface area (Å²) in [6, 6.07) is 0. The van der Waals surface area contributed by atoms with E-state index in [2.05, 4.69) is 34.9 Å². The Balaban J connectivity index is 0.00000324. The van der Waals surface area contributed by atoms with Gasteiger partial charge in [-0.15, -0.1) is 12.4 Å². The molecular formula is C10H19ClN6S2. The van der Waals surface area contributed by atoms with Gasteiger partial charge in [-0.25, -0.2) is 0 Å². The van der Waals surface area contributed by atoms with E-state index in [0.717, 1.165) is 24.3 Å². The van der Waals surface area contributed by atoms with Gasteiger partial charge in [-0.3, -0.25) is 10.9 Å². The maximum absolute atomic E-state index is 5.35. The first-order valence-electron chi connectivity index (χ1n) is 5.50. The van der Waals surface area contributed by atoms with Crippen LogP contribution in [0.4, 0.5) is 0 Å². The molecule has 6 nitrogen and oxygen atoms in total. The first kappa shape index (κ1) is 18.0. The molecule has 0 atom stereocenters. The normalized spacial score (nSPS) is 21.6. The summed E-state index contributed by atoms with van der Waals surface area (Å²) in [5.74, 6) is 0. The van der Waals surface area contributed by atoms with Crippen molar-refractivity contribution in [3.63, 3.8) is 0 Å². The first-order valence-corrected chi connectivity index (χ1v) is 6.32. The van der Waals surface area contributed by atoms with Gasteiger partial charge in [-0.1, -0.05) is 13.8 Å². The molecule has 0 aliphatic heterocycles. The fourth-order valence-electron chi connectivity index (χ4n) is 1.95. The molecule has 0 unspecified atom stereocenters. The zero-order valence-corrected chi connectivity index (χ0v) is 13.3. The van der Waals surface area contributed by atoms with Crippen molar-refractivity contribution in [2.75, 3.05) is 0 Å². The zero-order chi connectivity index (χ0) is 13.8. The van der Waals surface area contributed by atoms with Gasteiger partial charge in [0.05, 0.1) is 0 Å². The summed E-state index contributed by atoms with van der Waals surface area (Å²) in [7, 11) is 0. The predicted molar refractivity (Wildman–Crippen MR) is 89.6 cm³/mol. The lowest BCUT2D eigenvalue weighted by Gasteiger charge is -2.31. The third kappa shape index (κ3) is 7.24. The lowest BCUT2D eigenvalue weighted by molar-refractivity contribution is 0.388. The number of hydrogen-bond acceptors (Lipinski definition) is 4. The highest BCUT2D eigenvalue weighted by molar-refractivity contribution is 7.80. The third-order valence-electron chi connectivity index (χ3n) is 2.42. The molecule has 19 heavy (non-hydrogen) atoms. The lowest BCUT2D eigenvalue weighted by Crippen LogP contribution is -2.34. The standard InChI is InChI=1S/C10H18N6S2.ClH/c1-10(2)4-6(13-15-8(11)17)3-7(5-10)14-16-9(12)18;/h3-5H2,1-2H3,(H3,11,15,17)(H3,12,16,18);1H. The summed E-state index contributed by atoms with van der Waals surface area (Å²) in [4.78, 5) is 0. The van der Waals surface area contributed by atoms with Crippen molar-refractivity contribution in [1.82, 2.24) is 10.9 Å². The summed E-state index contributed by atoms with van der Waals surface area (Å²) in [5.41, 5.74) is 17.9. The van der Waals surface area contributed by atoms with Crippen molar-refractivity contribution in [1.29, 1.82) is 0 Å². The Morgan fingerprint density at radius 2 is 1.42 bits per heavy atom. The predicted octanol–water partition coefficient (Wildman–Crippen LogP) is 0.997. The molecule has 1 aliphatic carbocycles. The van der Waals surface area contributed by atoms with Gasteiger partial charge in [0.2, 0.25) is 0 Å². The van der Waals surface area contributed by atoms with Gasteiger partial charge >= 0.3 is 0 Å². The maximum Gasteiger partial charge on any atom is 0.184 e. The minimum atomic E-state index is 0. The zero-order valence-electron chi connectivity index (χ0n) is 10.9. The van der Waals surface area contributed by atoms with Crippen LogP contribution in [0.3, 0.4) is 0 Å². The SMILES string of the molecule is CC1(C)CC(=NNC(N)=S)CC(=NNC(N)=S)C1.Cl. The molecule has 1 fully saturated rings. The molecule has 1 saturated carbocycles. The van der Waals surface area contributed by atoms with Crippen molar-refractivity contribution < 1.29 is 0 Å². The minimum absolute atomic E-state index is 0. The van der Waals surface area contributed by atoms with Crippen LogP contribution in [-0.2, 0) is 0 Å². The van der Waals surface area contributed by atoms with E-state index < -0.39 is 0 Å². The second-order valence-corrected chi connectivity index (χ2v) is 5.88. The number of nitrogens with two attached hydrogens (primary N) is 2. The lowest BCUT2D eigenvalue weighted by atomic mass is 9.75. The smallest absolute Gasteiger partial charge is 0.184 e. The molecule has 0 radical (unpaired) electrons. The Morgan fingerprint density at radius 1 is 1.05 bits per heavy atom. The first-order chi connectivity index (χ1) is 8.28. The van der Waals surface area contributed by atoms with Gasteiger partial charge in [0.15, 0.2) is 10.2 Å². The number of hydrogen-bond donors (Lipinski definition) is 4. The van der Waals surface area contributed by atoms with Crippen LogP contribution in [0.15, 0.2) is 10.2 Å². The fraction of sp³-hybridized carbons (Fsp3) is 0.600. The molecule has 0 aromatic heterocycles. The van der Waals surface area contributed by atoms with Crippen LogP contribution in [0.25, 0.3) is 0 Å². The molecule has 0 heterocycles. The number of halogens is 1. The molecule has 0 aromatic carbocycles. The van der Waals surface area contributed by atoms with Crippen LogP contribution in [0.5, 0.6) is 0 Å². The van der Waals surface area contributed by atoms with Crippen molar-refractivity contribution in [2.45, 2.75) is 33.1 Å². The van der Waals surface area contributed by atoms with E-state index >= 15 is 0 Å². The number of rotatable bonds is 2. The number of hydrazone groups is 2. The second-order valence-electron chi connectivity index (χ2n) is 5.00. The molecule has 1 rings (SSSR count). The molecular weight excluding hydrogens is 304 g/mol. The highest BCUT2D eigenvalue weighted by Crippen LogP contribution is 2.32. The van der Waals surface area contributed by atoms with Crippen molar-refractivity contribution in [3.8, 4) is 0 Å². The Kier molecular flexibility index (Phi) is 7.17. The highest BCUT2D eigenvalue weighted by atomic mass is 35.5. The second kappa shape index (κ2) is 7.56. The van der Waals surface area contributed by atoms with Crippen LogP contribution in [-0.4, -0.2) is 21.6 Å². The highest BCUT2D eigenvalue weighted by Gasteiger charge is 2.29. The fourth-order valence-corrected chi connectivity index (χ4v) is 2.05. The van der Waals surface area contributed by atoms with Crippen LogP contribution in [0.1, 0.15) is 33.1 Å². The third-order valence-corrected chi connectivity index (χ3v) is 2.60. The Morgan fingerprint density at radius 3 is 1.74 bits per heavy atom. The number of nitrogens with one attached hydrogen (secondary N) is 2. The van der Waals surface area contributed by atoms with E-state index in [-0.39, 0.29) is 28.0 Å². The number of thiocarbonyl (C=S) groups is 2. The topological polar surface area (TPSA) is 101 Å². The van der Waals surface area contributed by atoms with Gasteiger partial charge in [0.1, 0.15) is 0 Å². The monoisotopic (exact) mass is 322 g/mol. The Hall–Kier alpha value is -0.990. The molecule has 0 bridgehead atoms. The quantitative estimate of drug-likeness (QED) is 0.447. The van der Waals surface area contributed by atoms with E-state index in [9.17, 15) is 0 Å². The largest absolute Gasteiger partial charge is 0.375 e. The van der Waals surface area contributed by atoms with Crippen molar-refractivity contribution in [3.05, 3.63) is 0 Å². The van der Waals surface area contributed by atoms with Gasteiger partial charge in [0.25, 0.3) is 0 Å². The van der Waals surface area contributed by atoms with Crippen molar-refractivity contribution >= 4 is 58.5 Å².